The molecule has 1 amide bonds. The van der Waals surface area contributed by atoms with Gasteiger partial charge in [-0.15, -0.1) is 11.8 Å². The first-order chi connectivity index (χ1) is 12.2. The Morgan fingerprint density at radius 2 is 1.93 bits per heavy atom. The number of ether oxygens (including phenoxy) is 2. The summed E-state index contributed by atoms with van der Waals surface area (Å²) in [5.41, 5.74) is -0.0304. The van der Waals surface area contributed by atoms with E-state index in [0.29, 0.717) is 4.24 Å². The van der Waals surface area contributed by atoms with Gasteiger partial charge in [0.05, 0.1) is 4.24 Å². The third-order valence-electron chi connectivity index (χ3n) is 3.49. The fourth-order valence-electron chi connectivity index (χ4n) is 2.49. The zero-order valence-corrected chi connectivity index (χ0v) is 18.7. The number of rotatable bonds is 5. The predicted octanol–water partition coefficient (Wildman–Crippen LogP) is 4.22. The van der Waals surface area contributed by atoms with Crippen LogP contribution < -0.4 is 0 Å². The van der Waals surface area contributed by atoms with Gasteiger partial charge in [-0.1, -0.05) is 67.3 Å². The Morgan fingerprint density at radius 3 is 2.41 bits per heavy atom. The quantitative estimate of drug-likeness (QED) is 0.357. The Hall–Kier alpha value is -0.480. The number of hydrogen-bond donors (Lipinski definition) is 1. The Kier molecular flexibility index (Phi) is 6.84. The van der Waals surface area contributed by atoms with Gasteiger partial charge >= 0.3 is 12.1 Å². The van der Waals surface area contributed by atoms with Crippen LogP contribution >= 0.6 is 58.3 Å². The molecule has 7 nitrogen and oxygen atoms in total. The van der Waals surface area contributed by atoms with E-state index >= 15 is 0 Å². The molecule has 0 bridgehead atoms. The first-order valence-corrected chi connectivity index (χ1v) is 10.6. The Labute approximate surface area is 180 Å². The van der Waals surface area contributed by atoms with Gasteiger partial charge in [0, 0.05) is 4.75 Å². The number of carboxylic acid groups (broad SMARTS) is 1. The first kappa shape index (κ1) is 22.8. The molecule has 2 aliphatic rings. The highest BCUT2D eigenvalue weighted by Gasteiger charge is 2.59. The van der Waals surface area contributed by atoms with E-state index in [1.165, 1.54) is 35.3 Å². The highest BCUT2D eigenvalue weighted by atomic mass is 35.6. The lowest BCUT2D eigenvalue weighted by Gasteiger charge is -2.44. The van der Waals surface area contributed by atoms with Crippen LogP contribution in [0, 0.1) is 5.92 Å². The molecular formula is C15H18Cl3NO6S2. The van der Waals surface area contributed by atoms with Crippen LogP contribution in [0.2, 0.25) is 0 Å². The molecule has 1 unspecified atom stereocenters. The number of carbonyl (C=O) groups excluding carboxylic acids is 2. The van der Waals surface area contributed by atoms with Crippen LogP contribution in [0.5, 0.6) is 0 Å². The second kappa shape index (κ2) is 8.10. The number of carbonyl (C=O) groups is 3. The van der Waals surface area contributed by atoms with Gasteiger partial charge in [0.1, 0.15) is 24.0 Å². The number of carboxylic acids is 1. The summed E-state index contributed by atoms with van der Waals surface area (Å²) in [5, 5.41) is 9.06. The molecule has 1 fully saturated rings. The van der Waals surface area contributed by atoms with E-state index in [1.54, 1.807) is 0 Å². The lowest BCUT2D eigenvalue weighted by Crippen LogP contribution is -2.61. The standard InChI is InChI=1S/C15H18Cl3NO6S2/c1-6(25-13(23)24-5-15(16,17)18)7-9(20)19-8(11(21)22)12(26-10(7)19)27-14(2,3)4/h6-7,10H,5H2,1-4H3,(H,21,22)/t6?,7-,10+/m0/s1. The summed E-state index contributed by atoms with van der Waals surface area (Å²) in [6.07, 6.45) is -1.90. The second-order valence-corrected chi connectivity index (χ2v) is 12.6. The largest absolute Gasteiger partial charge is 0.508 e. The van der Waals surface area contributed by atoms with Gasteiger partial charge < -0.3 is 14.6 Å². The fraction of sp³-hybridized carbons (Fsp3) is 0.667. The summed E-state index contributed by atoms with van der Waals surface area (Å²) >= 11 is 19.1. The lowest BCUT2D eigenvalue weighted by atomic mass is 9.92. The average molecular weight is 479 g/mol. The number of β-lactam (4-membered cyclic amide) rings is 1. The zero-order valence-electron chi connectivity index (χ0n) is 14.8. The molecule has 3 atom stereocenters. The third kappa shape index (κ3) is 5.53. The summed E-state index contributed by atoms with van der Waals surface area (Å²) in [5.74, 6) is -2.28. The molecule has 1 N–H and O–H groups in total. The first-order valence-electron chi connectivity index (χ1n) is 7.78. The molecule has 152 valence electrons. The van der Waals surface area contributed by atoms with Gasteiger partial charge in [0.2, 0.25) is 9.70 Å². The van der Waals surface area contributed by atoms with Crippen LogP contribution in [0.4, 0.5) is 4.79 Å². The van der Waals surface area contributed by atoms with Gasteiger partial charge in [-0.25, -0.2) is 9.59 Å². The van der Waals surface area contributed by atoms with Crippen molar-refractivity contribution >= 4 is 76.4 Å². The van der Waals surface area contributed by atoms with Crippen LogP contribution in [0.15, 0.2) is 9.93 Å². The van der Waals surface area contributed by atoms with Crippen molar-refractivity contribution in [2.75, 3.05) is 6.61 Å². The molecule has 0 aromatic rings. The minimum Gasteiger partial charge on any atom is -0.477 e. The van der Waals surface area contributed by atoms with Gasteiger partial charge in [-0.3, -0.25) is 9.69 Å². The normalized spacial score (nSPS) is 23.7. The van der Waals surface area contributed by atoms with E-state index in [-0.39, 0.29) is 10.4 Å². The average Bonchev–Trinajstić information content (AvgIpc) is 2.77. The van der Waals surface area contributed by atoms with Crippen molar-refractivity contribution in [1.29, 1.82) is 0 Å². The van der Waals surface area contributed by atoms with E-state index in [1.807, 2.05) is 20.8 Å². The van der Waals surface area contributed by atoms with E-state index < -0.39 is 45.8 Å². The highest BCUT2D eigenvalue weighted by Crippen LogP contribution is 2.56. The number of thioether (sulfide) groups is 2. The van der Waals surface area contributed by atoms with Crippen LogP contribution in [-0.2, 0) is 19.1 Å². The third-order valence-corrected chi connectivity index (χ3v) is 6.50. The second-order valence-electron chi connectivity index (χ2n) is 6.87. The lowest BCUT2D eigenvalue weighted by molar-refractivity contribution is -0.157. The fourth-order valence-corrected chi connectivity index (χ4v) is 6.04. The molecule has 0 spiro atoms. The van der Waals surface area contributed by atoms with Crippen molar-refractivity contribution in [1.82, 2.24) is 4.90 Å². The Balaban J connectivity index is 2.05. The van der Waals surface area contributed by atoms with E-state index in [0.717, 1.165) is 0 Å². The number of hydrogen-bond acceptors (Lipinski definition) is 7. The summed E-state index contributed by atoms with van der Waals surface area (Å²) < 4.78 is 8.34. The molecule has 12 heteroatoms. The topological polar surface area (TPSA) is 93.1 Å². The predicted molar refractivity (Wildman–Crippen MR) is 106 cm³/mol. The van der Waals surface area contributed by atoms with Crippen molar-refractivity contribution in [2.24, 2.45) is 5.92 Å². The monoisotopic (exact) mass is 477 g/mol. The Bertz CT molecular complexity index is 688. The van der Waals surface area contributed by atoms with Crippen molar-refractivity contribution in [3.63, 3.8) is 0 Å². The van der Waals surface area contributed by atoms with E-state index in [9.17, 15) is 19.5 Å². The van der Waals surface area contributed by atoms with Crippen LogP contribution in [0.25, 0.3) is 0 Å². The summed E-state index contributed by atoms with van der Waals surface area (Å²) in [6, 6.07) is 0. The van der Waals surface area contributed by atoms with Gasteiger partial charge in [0.15, 0.2) is 5.70 Å². The van der Waals surface area contributed by atoms with Crippen molar-refractivity contribution in [3.05, 3.63) is 9.93 Å². The number of amides is 1. The van der Waals surface area contributed by atoms with Crippen LogP contribution in [0.1, 0.15) is 27.7 Å². The minimum absolute atomic E-state index is 0.0304. The summed E-state index contributed by atoms with van der Waals surface area (Å²) in [6.45, 7) is 6.89. The smallest absolute Gasteiger partial charge is 0.477 e. The molecular weight excluding hydrogens is 461 g/mol. The summed E-state index contributed by atoms with van der Waals surface area (Å²) in [7, 11) is 0. The van der Waals surface area contributed by atoms with E-state index in [4.69, 9.17) is 44.3 Å². The van der Waals surface area contributed by atoms with Crippen LogP contribution in [0.3, 0.4) is 0 Å². The van der Waals surface area contributed by atoms with Crippen molar-refractivity contribution in [2.45, 2.75) is 47.7 Å². The molecule has 27 heavy (non-hydrogen) atoms. The highest BCUT2D eigenvalue weighted by molar-refractivity contribution is 8.23. The number of halogens is 3. The molecule has 2 rings (SSSR count). The van der Waals surface area contributed by atoms with Crippen molar-refractivity contribution < 1.29 is 29.0 Å². The number of fused-ring (bicyclic) bond motifs is 1. The molecule has 1 saturated heterocycles. The maximum absolute atomic E-state index is 12.5. The maximum Gasteiger partial charge on any atom is 0.508 e. The maximum atomic E-state index is 12.5. The molecule has 0 aliphatic carbocycles. The van der Waals surface area contributed by atoms with Crippen LogP contribution in [-0.4, -0.2) is 54.7 Å². The molecule has 0 saturated carbocycles. The van der Waals surface area contributed by atoms with Gasteiger partial charge in [-0.05, 0) is 6.92 Å². The molecule has 0 aromatic heterocycles. The SMILES string of the molecule is CC(OC(=O)OCC(Cl)(Cl)Cl)[C@H]1C(=O)N2C(C(=O)O)=C(SC(C)(C)C)S[C@H]12. The van der Waals surface area contributed by atoms with Gasteiger partial charge in [0.25, 0.3) is 0 Å². The Morgan fingerprint density at radius 1 is 1.33 bits per heavy atom. The summed E-state index contributed by atoms with van der Waals surface area (Å²) in [4.78, 5) is 37.1. The van der Waals surface area contributed by atoms with Gasteiger partial charge in [-0.2, -0.15) is 0 Å². The van der Waals surface area contributed by atoms with Crippen molar-refractivity contribution in [3.8, 4) is 0 Å². The molecule has 2 heterocycles. The molecule has 0 radical (unpaired) electrons. The molecule has 0 aromatic carbocycles. The number of alkyl halides is 3. The number of aliphatic carboxylic acids is 1. The minimum atomic E-state index is -1.77. The zero-order chi connectivity index (χ0) is 20.7. The molecule has 2 aliphatic heterocycles. The van der Waals surface area contributed by atoms with E-state index in [2.05, 4.69) is 0 Å². The number of nitrogens with zero attached hydrogens (tertiary/aromatic N) is 1.